The Balaban J connectivity index is 2.04. The molecule has 20 heavy (non-hydrogen) atoms. The van der Waals surface area contributed by atoms with Gasteiger partial charge in [-0.25, -0.2) is 4.98 Å². The number of anilines is 2. The van der Waals surface area contributed by atoms with Crippen LogP contribution >= 0.6 is 22.6 Å². The van der Waals surface area contributed by atoms with E-state index in [4.69, 9.17) is 0 Å². The minimum atomic E-state index is -0.198. The lowest BCUT2D eigenvalue weighted by molar-refractivity contribution is 0.102. The molecule has 2 rings (SSSR count). The highest BCUT2D eigenvalue weighted by molar-refractivity contribution is 14.1. The largest absolute Gasteiger partial charge is 0.384 e. The van der Waals surface area contributed by atoms with E-state index in [1.165, 1.54) is 0 Å². The summed E-state index contributed by atoms with van der Waals surface area (Å²) in [6, 6.07) is 11.2. The van der Waals surface area contributed by atoms with Crippen molar-refractivity contribution in [2.75, 3.05) is 17.2 Å². The smallest absolute Gasteiger partial charge is 0.274 e. The van der Waals surface area contributed by atoms with Crippen LogP contribution in [-0.4, -0.2) is 17.4 Å². The first-order chi connectivity index (χ1) is 9.70. The van der Waals surface area contributed by atoms with Gasteiger partial charge in [0.2, 0.25) is 0 Å². The molecule has 0 saturated heterocycles. The number of pyridine rings is 1. The zero-order valence-corrected chi connectivity index (χ0v) is 13.3. The third kappa shape index (κ3) is 3.93. The summed E-state index contributed by atoms with van der Waals surface area (Å²) in [5.74, 6) is -0.198. The summed E-state index contributed by atoms with van der Waals surface area (Å²) in [7, 11) is 0. The van der Waals surface area contributed by atoms with E-state index in [9.17, 15) is 4.79 Å². The van der Waals surface area contributed by atoms with E-state index in [-0.39, 0.29) is 5.91 Å². The molecule has 4 nitrogen and oxygen atoms in total. The number of benzene rings is 1. The summed E-state index contributed by atoms with van der Waals surface area (Å²) < 4.78 is 1.000. The van der Waals surface area contributed by atoms with Crippen LogP contribution < -0.4 is 10.6 Å². The number of hydrogen-bond acceptors (Lipinski definition) is 3. The van der Waals surface area contributed by atoms with Crippen LogP contribution in [0.4, 0.5) is 11.4 Å². The highest BCUT2D eigenvalue weighted by Gasteiger charge is 2.09. The number of hydrogen-bond donors (Lipinski definition) is 2. The molecule has 0 saturated carbocycles. The SMILES string of the molecule is CCCNc1ccc(C(=O)Nc2ccccc2I)nc1. The van der Waals surface area contributed by atoms with Crippen LogP contribution in [-0.2, 0) is 0 Å². The van der Waals surface area contributed by atoms with E-state index in [0.717, 1.165) is 27.9 Å². The Labute approximate surface area is 132 Å². The third-order valence-electron chi connectivity index (χ3n) is 2.70. The van der Waals surface area contributed by atoms with Crippen LogP contribution in [0.1, 0.15) is 23.8 Å². The van der Waals surface area contributed by atoms with E-state index in [1.807, 2.05) is 30.3 Å². The van der Waals surface area contributed by atoms with Gasteiger partial charge in [0, 0.05) is 10.1 Å². The minimum absolute atomic E-state index is 0.198. The summed E-state index contributed by atoms with van der Waals surface area (Å²) in [6.07, 6.45) is 2.73. The molecular weight excluding hydrogens is 365 g/mol. The van der Waals surface area contributed by atoms with Crippen LogP contribution in [0.25, 0.3) is 0 Å². The van der Waals surface area contributed by atoms with Crippen LogP contribution in [0.5, 0.6) is 0 Å². The fourth-order valence-electron chi connectivity index (χ4n) is 1.65. The maximum absolute atomic E-state index is 12.1. The Hall–Kier alpha value is -1.63. The molecule has 2 aromatic rings. The first-order valence-electron chi connectivity index (χ1n) is 6.46. The lowest BCUT2D eigenvalue weighted by atomic mass is 10.3. The molecule has 104 valence electrons. The molecular formula is C15H16IN3O. The Morgan fingerprint density at radius 1 is 1.25 bits per heavy atom. The Morgan fingerprint density at radius 2 is 2.05 bits per heavy atom. The zero-order valence-electron chi connectivity index (χ0n) is 11.2. The van der Waals surface area contributed by atoms with Gasteiger partial charge in [-0.1, -0.05) is 19.1 Å². The van der Waals surface area contributed by atoms with Crippen molar-refractivity contribution in [1.82, 2.24) is 4.98 Å². The summed E-state index contributed by atoms with van der Waals surface area (Å²) in [5.41, 5.74) is 2.14. The van der Waals surface area contributed by atoms with Crippen LogP contribution in [0, 0.1) is 3.57 Å². The predicted octanol–water partition coefficient (Wildman–Crippen LogP) is 3.76. The molecule has 0 spiro atoms. The van der Waals surface area contributed by atoms with Crippen molar-refractivity contribution in [3.8, 4) is 0 Å². The van der Waals surface area contributed by atoms with Gasteiger partial charge < -0.3 is 10.6 Å². The molecule has 1 aromatic carbocycles. The maximum Gasteiger partial charge on any atom is 0.274 e. The first-order valence-corrected chi connectivity index (χ1v) is 7.54. The van der Waals surface area contributed by atoms with Gasteiger partial charge in [0.05, 0.1) is 17.6 Å². The normalized spacial score (nSPS) is 10.1. The van der Waals surface area contributed by atoms with E-state index in [1.54, 1.807) is 12.3 Å². The molecule has 0 aliphatic heterocycles. The van der Waals surface area contributed by atoms with Crippen molar-refractivity contribution in [2.45, 2.75) is 13.3 Å². The van der Waals surface area contributed by atoms with Crippen molar-refractivity contribution in [3.63, 3.8) is 0 Å². The van der Waals surface area contributed by atoms with Gasteiger partial charge in [-0.05, 0) is 53.3 Å². The molecule has 0 aliphatic carbocycles. The van der Waals surface area contributed by atoms with E-state index in [0.29, 0.717) is 5.69 Å². The summed E-state index contributed by atoms with van der Waals surface area (Å²) >= 11 is 2.19. The Bertz CT molecular complexity index is 584. The minimum Gasteiger partial charge on any atom is -0.384 e. The van der Waals surface area contributed by atoms with Gasteiger partial charge >= 0.3 is 0 Å². The Morgan fingerprint density at radius 3 is 2.70 bits per heavy atom. The fourth-order valence-corrected chi connectivity index (χ4v) is 2.17. The van der Waals surface area contributed by atoms with Crippen LogP contribution in [0.15, 0.2) is 42.6 Å². The number of rotatable bonds is 5. The molecule has 0 radical (unpaired) electrons. The van der Waals surface area contributed by atoms with Gasteiger partial charge in [-0.15, -0.1) is 0 Å². The number of nitrogens with one attached hydrogen (secondary N) is 2. The lowest BCUT2D eigenvalue weighted by Gasteiger charge is -2.08. The topological polar surface area (TPSA) is 54.0 Å². The fraction of sp³-hybridized carbons (Fsp3) is 0.200. The van der Waals surface area contributed by atoms with Crippen LogP contribution in [0.2, 0.25) is 0 Å². The van der Waals surface area contributed by atoms with E-state index < -0.39 is 0 Å². The molecule has 0 unspecified atom stereocenters. The average molecular weight is 381 g/mol. The molecule has 1 heterocycles. The molecule has 1 amide bonds. The second-order valence-corrected chi connectivity index (χ2v) is 5.46. The lowest BCUT2D eigenvalue weighted by Crippen LogP contribution is -2.14. The number of amides is 1. The summed E-state index contributed by atoms with van der Waals surface area (Å²) in [6.45, 7) is 3.00. The molecule has 0 atom stereocenters. The van der Waals surface area contributed by atoms with Gasteiger partial charge in [0.25, 0.3) is 5.91 Å². The standard InChI is InChI=1S/C15H16IN3O/c1-2-9-17-11-7-8-14(18-10-11)15(20)19-13-6-4-3-5-12(13)16/h3-8,10,17H,2,9H2,1H3,(H,19,20). The molecule has 0 bridgehead atoms. The highest BCUT2D eigenvalue weighted by atomic mass is 127. The number of para-hydroxylation sites is 1. The number of nitrogens with zero attached hydrogens (tertiary/aromatic N) is 1. The third-order valence-corrected chi connectivity index (χ3v) is 3.64. The molecule has 0 aliphatic rings. The average Bonchev–Trinajstić information content (AvgIpc) is 2.48. The maximum atomic E-state index is 12.1. The van der Waals surface area contributed by atoms with Crippen molar-refractivity contribution in [1.29, 1.82) is 0 Å². The van der Waals surface area contributed by atoms with Crippen molar-refractivity contribution in [2.24, 2.45) is 0 Å². The number of carbonyl (C=O) groups is 1. The monoisotopic (exact) mass is 381 g/mol. The number of carbonyl (C=O) groups excluding carboxylic acids is 1. The second kappa shape index (κ2) is 7.23. The molecule has 5 heteroatoms. The summed E-state index contributed by atoms with van der Waals surface area (Å²) in [5, 5.41) is 6.08. The van der Waals surface area contributed by atoms with Crippen molar-refractivity contribution >= 4 is 39.9 Å². The quantitative estimate of drug-likeness (QED) is 0.776. The summed E-state index contributed by atoms with van der Waals surface area (Å²) in [4.78, 5) is 16.3. The predicted molar refractivity (Wildman–Crippen MR) is 90.1 cm³/mol. The van der Waals surface area contributed by atoms with Gasteiger partial charge in [-0.3, -0.25) is 4.79 Å². The molecule has 2 N–H and O–H groups in total. The van der Waals surface area contributed by atoms with Crippen LogP contribution in [0.3, 0.4) is 0 Å². The van der Waals surface area contributed by atoms with Crippen molar-refractivity contribution in [3.05, 3.63) is 51.9 Å². The number of aromatic nitrogens is 1. The van der Waals surface area contributed by atoms with E-state index >= 15 is 0 Å². The Kier molecular flexibility index (Phi) is 5.34. The second-order valence-electron chi connectivity index (χ2n) is 4.29. The van der Waals surface area contributed by atoms with Gasteiger partial charge in [0.15, 0.2) is 0 Å². The molecule has 0 fully saturated rings. The molecule has 1 aromatic heterocycles. The zero-order chi connectivity index (χ0) is 14.4. The van der Waals surface area contributed by atoms with E-state index in [2.05, 4.69) is 45.1 Å². The van der Waals surface area contributed by atoms with Gasteiger partial charge in [-0.2, -0.15) is 0 Å². The highest BCUT2D eigenvalue weighted by Crippen LogP contribution is 2.17. The number of halogens is 1. The first kappa shape index (κ1) is 14.8. The van der Waals surface area contributed by atoms with Gasteiger partial charge in [0.1, 0.15) is 5.69 Å². The van der Waals surface area contributed by atoms with Crippen molar-refractivity contribution < 1.29 is 4.79 Å².